The third-order valence-electron chi connectivity index (χ3n) is 7.76. The van der Waals surface area contributed by atoms with Crippen LogP contribution in [0.2, 0.25) is 0 Å². The molecule has 0 spiro atoms. The minimum atomic E-state index is -0.752. The number of carboxylic acids is 1. The third kappa shape index (κ3) is 5.64. The Kier molecular flexibility index (Phi) is 7.73. The molecule has 4 aliphatic rings. The molecule has 2 fully saturated rings. The van der Waals surface area contributed by atoms with Gasteiger partial charge in [-0.25, -0.2) is 0 Å². The van der Waals surface area contributed by atoms with Crippen molar-refractivity contribution in [1.29, 1.82) is 0 Å². The summed E-state index contributed by atoms with van der Waals surface area (Å²) >= 11 is 0. The third-order valence-corrected chi connectivity index (χ3v) is 7.76. The van der Waals surface area contributed by atoms with E-state index in [1.807, 2.05) is 0 Å². The molecule has 32 heavy (non-hydrogen) atoms. The Morgan fingerprint density at radius 1 is 1.25 bits per heavy atom. The molecular weight excluding hydrogens is 400 g/mol. The van der Waals surface area contributed by atoms with Crippen LogP contribution >= 0.6 is 0 Å². The topological polar surface area (TPSA) is 62.1 Å². The summed E-state index contributed by atoms with van der Waals surface area (Å²) in [6.45, 7) is 5.85. The smallest absolute Gasteiger partial charge is 0.304 e. The van der Waals surface area contributed by atoms with Crippen LogP contribution < -0.4 is 0 Å². The number of hydrogen-bond donors (Lipinski definition) is 1. The van der Waals surface area contributed by atoms with Crippen molar-refractivity contribution in [3.8, 4) is 11.8 Å². The van der Waals surface area contributed by atoms with E-state index < -0.39 is 5.97 Å². The zero-order chi connectivity index (χ0) is 22.5. The van der Waals surface area contributed by atoms with E-state index in [4.69, 9.17) is 9.84 Å². The molecule has 3 atom stereocenters. The van der Waals surface area contributed by atoms with Crippen molar-refractivity contribution in [3.05, 3.63) is 23.3 Å². The highest BCUT2D eigenvalue weighted by Gasteiger charge is 2.34. The summed E-state index contributed by atoms with van der Waals surface area (Å²) in [6, 6.07) is 0.389. The molecule has 5 heteroatoms. The number of aliphatic carboxylic acids is 1. The maximum Gasteiger partial charge on any atom is 0.304 e. The van der Waals surface area contributed by atoms with Crippen molar-refractivity contribution in [3.63, 3.8) is 0 Å². The average Bonchev–Trinajstić information content (AvgIpc) is 3.43. The fraction of sp³-hybridized carbons (Fsp3) is 0.704. The zero-order valence-corrected chi connectivity index (χ0v) is 19.6. The van der Waals surface area contributed by atoms with E-state index in [2.05, 4.69) is 42.1 Å². The second-order valence-corrected chi connectivity index (χ2v) is 10.2. The molecule has 0 aromatic carbocycles. The van der Waals surface area contributed by atoms with E-state index in [0.29, 0.717) is 24.5 Å². The Morgan fingerprint density at radius 2 is 2.00 bits per heavy atom. The van der Waals surface area contributed by atoms with Gasteiger partial charge >= 0.3 is 5.97 Å². The molecule has 0 amide bonds. The molecule has 1 aliphatic heterocycles. The molecule has 0 aromatic rings. The van der Waals surface area contributed by atoms with E-state index in [-0.39, 0.29) is 18.4 Å². The number of hydrogen-bond acceptors (Lipinski definition) is 4. The van der Waals surface area contributed by atoms with Gasteiger partial charge in [-0.15, -0.1) is 5.92 Å². The lowest BCUT2D eigenvalue weighted by Gasteiger charge is -2.33. The molecule has 174 valence electrons. The normalized spacial score (nSPS) is 30.9. The van der Waals surface area contributed by atoms with Crippen LogP contribution in [-0.2, 0) is 9.53 Å². The lowest BCUT2D eigenvalue weighted by atomic mass is 9.78. The van der Waals surface area contributed by atoms with Gasteiger partial charge in [0.05, 0.1) is 31.4 Å². The largest absolute Gasteiger partial charge is 0.481 e. The summed E-state index contributed by atoms with van der Waals surface area (Å²) in [5.41, 5.74) is 2.59. The van der Waals surface area contributed by atoms with Crippen LogP contribution in [0.15, 0.2) is 28.4 Å². The Balaban J connectivity index is 1.25. The maximum absolute atomic E-state index is 11.2. The molecule has 3 aliphatic carbocycles. The van der Waals surface area contributed by atoms with Crippen molar-refractivity contribution in [1.82, 2.24) is 5.01 Å². The van der Waals surface area contributed by atoms with Gasteiger partial charge in [-0.2, -0.15) is 5.10 Å². The van der Waals surface area contributed by atoms with Crippen molar-refractivity contribution in [2.24, 2.45) is 28.8 Å². The monoisotopic (exact) mass is 438 g/mol. The maximum atomic E-state index is 11.2. The van der Waals surface area contributed by atoms with Crippen LogP contribution in [0.25, 0.3) is 0 Å². The van der Waals surface area contributed by atoms with Crippen LogP contribution in [-0.4, -0.2) is 47.6 Å². The van der Waals surface area contributed by atoms with Crippen LogP contribution in [0.3, 0.4) is 0 Å². The standard InChI is InChI=1S/C27H38N2O3/c1-3-6-23(15-26(30)31)22-9-11-25(12-10-22)32-18-21-13-19(2)27-24(14-21)16-28-29(27)17-20-7-4-5-8-20/h13-14,16,19-20,22-23,25,27H,4-5,7-12,15,17-18H2,1-2H3,(H,30,31). The van der Waals surface area contributed by atoms with Crippen molar-refractivity contribution >= 4 is 12.2 Å². The molecule has 0 bridgehead atoms. The van der Waals surface area contributed by atoms with Gasteiger partial charge in [0, 0.05) is 18.4 Å². The number of nitrogens with zero attached hydrogens (tertiary/aromatic N) is 2. The first-order valence-corrected chi connectivity index (χ1v) is 12.5. The SMILES string of the molecule is CC#CC(CC(=O)O)C1CCC(OCC2=CC(C)C3C(=C2)C=NN3CC2CCCC2)CC1. The van der Waals surface area contributed by atoms with E-state index in [1.165, 1.54) is 36.8 Å². The highest BCUT2D eigenvalue weighted by molar-refractivity contribution is 5.83. The number of ether oxygens (including phenoxy) is 1. The van der Waals surface area contributed by atoms with Gasteiger partial charge in [-0.3, -0.25) is 9.80 Å². The molecule has 0 saturated heterocycles. The van der Waals surface area contributed by atoms with Crippen molar-refractivity contribution in [2.75, 3.05) is 13.2 Å². The highest BCUT2D eigenvalue weighted by Crippen LogP contribution is 2.36. The summed E-state index contributed by atoms with van der Waals surface area (Å²) in [5.74, 6) is 6.89. The van der Waals surface area contributed by atoms with Gasteiger partial charge in [-0.1, -0.05) is 37.8 Å². The fourth-order valence-electron chi connectivity index (χ4n) is 6.14. The van der Waals surface area contributed by atoms with Crippen LogP contribution in [0.4, 0.5) is 0 Å². The molecule has 5 nitrogen and oxygen atoms in total. The number of carboxylic acid groups (broad SMARTS) is 1. The summed E-state index contributed by atoms with van der Waals surface area (Å²) in [5, 5.41) is 16.3. The lowest BCUT2D eigenvalue weighted by molar-refractivity contribution is -0.138. The summed E-state index contributed by atoms with van der Waals surface area (Å²) in [4.78, 5) is 11.2. The second kappa shape index (κ2) is 10.7. The summed E-state index contributed by atoms with van der Waals surface area (Å²) in [6.07, 6.45) is 16.6. The molecule has 2 saturated carbocycles. The quantitative estimate of drug-likeness (QED) is 0.540. The van der Waals surface area contributed by atoms with Gasteiger partial charge < -0.3 is 9.84 Å². The molecule has 3 unspecified atom stereocenters. The van der Waals surface area contributed by atoms with Crippen molar-refractivity contribution < 1.29 is 14.6 Å². The van der Waals surface area contributed by atoms with Gasteiger partial charge in [0.1, 0.15) is 0 Å². The Morgan fingerprint density at radius 3 is 2.69 bits per heavy atom. The van der Waals surface area contributed by atoms with E-state index in [0.717, 1.165) is 38.1 Å². The second-order valence-electron chi connectivity index (χ2n) is 10.2. The first kappa shape index (κ1) is 23.1. The zero-order valence-electron chi connectivity index (χ0n) is 19.6. The highest BCUT2D eigenvalue weighted by atomic mass is 16.5. The Labute approximate surface area is 193 Å². The van der Waals surface area contributed by atoms with Gasteiger partial charge in [0.25, 0.3) is 0 Å². The minimum Gasteiger partial charge on any atom is -0.481 e. The predicted molar refractivity (Wildman–Crippen MR) is 127 cm³/mol. The molecule has 1 N–H and O–H groups in total. The van der Waals surface area contributed by atoms with Crippen LogP contribution in [0, 0.1) is 35.5 Å². The lowest BCUT2D eigenvalue weighted by Crippen LogP contribution is -2.37. The van der Waals surface area contributed by atoms with Gasteiger partial charge in [0.15, 0.2) is 0 Å². The number of hydrazone groups is 1. The van der Waals surface area contributed by atoms with Crippen molar-refractivity contribution in [2.45, 2.75) is 83.8 Å². The average molecular weight is 439 g/mol. The molecule has 4 rings (SSSR count). The molecular formula is C27H38N2O3. The Bertz CT molecular complexity index is 820. The van der Waals surface area contributed by atoms with Crippen LogP contribution in [0.1, 0.15) is 71.6 Å². The number of fused-ring (bicyclic) bond motifs is 1. The molecule has 0 aromatic heterocycles. The van der Waals surface area contributed by atoms with E-state index in [9.17, 15) is 9.90 Å². The predicted octanol–water partition coefficient (Wildman–Crippen LogP) is 5.04. The minimum absolute atomic E-state index is 0.0316. The van der Waals surface area contributed by atoms with E-state index >= 15 is 0 Å². The first-order valence-electron chi connectivity index (χ1n) is 12.5. The number of rotatable bonds is 8. The molecule has 0 radical (unpaired) electrons. The summed E-state index contributed by atoms with van der Waals surface area (Å²) in [7, 11) is 0. The Hall–Kier alpha value is -2.06. The van der Waals surface area contributed by atoms with Gasteiger partial charge in [-0.05, 0) is 68.4 Å². The first-order chi connectivity index (χ1) is 15.5. The summed E-state index contributed by atoms with van der Waals surface area (Å²) < 4.78 is 6.30. The fourth-order valence-corrected chi connectivity index (χ4v) is 6.14. The van der Waals surface area contributed by atoms with Gasteiger partial charge in [0.2, 0.25) is 0 Å². The molecule has 1 heterocycles. The number of carbonyl (C=O) groups is 1. The van der Waals surface area contributed by atoms with E-state index in [1.54, 1.807) is 6.92 Å². The van der Waals surface area contributed by atoms with Crippen LogP contribution in [0.5, 0.6) is 0 Å².